The summed E-state index contributed by atoms with van der Waals surface area (Å²) in [5.74, 6) is -0.0381. The average Bonchev–Trinajstić information content (AvgIpc) is 2.01. The standard InChI is InChI=1S/C8H8Br2N2O/c1-12(2)8(13)5-3-6(9)11-7(10)4-5/h3-4H,1-2H3. The number of nitrogens with zero attached hydrogens (tertiary/aromatic N) is 2. The molecule has 0 saturated heterocycles. The van der Waals surface area contributed by atoms with E-state index in [1.165, 1.54) is 4.90 Å². The Balaban J connectivity index is 3.08. The molecule has 0 atom stereocenters. The molecule has 0 saturated carbocycles. The van der Waals surface area contributed by atoms with Crippen molar-refractivity contribution < 1.29 is 4.79 Å². The van der Waals surface area contributed by atoms with Gasteiger partial charge in [0, 0.05) is 19.7 Å². The van der Waals surface area contributed by atoms with Crippen molar-refractivity contribution in [2.45, 2.75) is 0 Å². The molecule has 0 aliphatic heterocycles. The van der Waals surface area contributed by atoms with Gasteiger partial charge in [0.15, 0.2) is 0 Å². The Morgan fingerprint density at radius 3 is 2.15 bits per heavy atom. The van der Waals surface area contributed by atoms with Crippen molar-refractivity contribution in [2.24, 2.45) is 0 Å². The molecule has 0 fully saturated rings. The van der Waals surface area contributed by atoms with Crippen LogP contribution >= 0.6 is 31.9 Å². The lowest BCUT2D eigenvalue weighted by molar-refractivity contribution is 0.0827. The molecule has 0 radical (unpaired) electrons. The molecule has 70 valence electrons. The number of carbonyl (C=O) groups is 1. The van der Waals surface area contributed by atoms with Crippen LogP contribution in [0.5, 0.6) is 0 Å². The van der Waals surface area contributed by atoms with Gasteiger partial charge in [0.25, 0.3) is 5.91 Å². The maximum absolute atomic E-state index is 11.5. The zero-order chi connectivity index (χ0) is 10.0. The zero-order valence-electron chi connectivity index (χ0n) is 7.21. The van der Waals surface area contributed by atoms with Gasteiger partial charge in [-0.05, 0) is 44.0 Å². The predicted octanol–water partition coefficient (Wildman–Crippen LogP) is 2.31. The molecule has 0 unspecified atom stereocenters. The van der Waals surface area contributed by atoms with Crippen molar-refractivity contribution in [2.75, 3.05) is 14.1 Å². The van der Waals surface area contributed by atoms with Gasteiger partial charge in [0.2, 0.25) is 0 Å². The minimum absolute atomic E-state index is 0.0381. The number of pyridine rings is 1. The number of carbonyl (C=O) groups excluding carboxylic acids is 1. The van der Waals surface area contributed by atoms with Crippen molar-refractivity contribution in [1.82, 2.24) is 9.88 Å². The predicted molar refractivity (Wildman–Crippen MR) is 57.7 cm³/mol. The van der Waals surface area contributed by atoms with E-state index in [1.807, 2.05) is 0 Å². The normalized spacial score (nSPS) is 9.85. The molecule has 3 nitrogen and oxygen atoms in total. The van der Waals surface area contributed by atoms with E-state index in [4.69, 9.17) is 0 Å². The van der Waals surface area contributed by atoms with E-state index in [-0.39, 0.29) is 5.91 Å². The van der Waals surface area contributed by atoms with Gasteiger partial charge in [-0.2, -0.15) is 0 Å². The number of halogens is 2. The van der Waals surface area contributed by atoms with Gasteiger partial charge in [0.05, 0.1) is 0 Å². The van der Waals surface area contributed by atoms with E-state index >= 15 is 0 Å². The fraction of sp³-hybridized carbons (Fsp3) is 0.250. The van der Waals surface area contributed by atoms with E-state index in [2.05, 4.69) is 36.8 Å². The number of aromatic nitrogens is 1. The molecule has 1 amide bonds. The molecule has 1 rings (SSSR count). The summed E-state index contributed by atoms with van der Waals surface area (Å²) in [5.41, 5.74) is 0.610. The molecule has 0 N–H and O–H groups in total. The highest BCUT2D eigenvalue weighted by atomic mass is 79.9. The molecule has 0 aromatic carbocycles. The van der Waals surface area contributed by atoms with Gasteiger partial charge in [-0.3, -0.25) is 4.79 Å². The van der Waals surface area contributed by atoms with E-state index in [0.29, 0.717) is 14.8 Å². The Morgan fingerprint density at radius 1 is 1.31 bits per heavy atom. The maximum atomic E-state index is 11.5. The highest BCUT2D eigenvalue weighted by Gasteiger charge is 2.09. The Labute approximate surface area is 93.4 Å². The Kier molecular flexibility index (Phi) is 3.44. The topological polar surface area (TPSA) is 33.2 Å². The van der Waals surface area contributed by atoms with Crippen LogP contribution in [0.1, 0.15) is 10.4 Å². The summed E-state index contributed by atoms with van der Waals surface area (Å²) in [6.45, 7) is 0. The lowest BCUT2D eigenvalue weighted by atomic mass is 10.2. The average molecular weight is 308 g/mol. The number of hydrogen-bond donors (Lipinski definition) is 0. The van der Waals surface area contributed by atoms with Crippen LogP contribution in [-0.4, -0.2) is 29.9 Å². The van der Waals surface area contributed by atoms with E-state index in [1.54, 1.807) is 26.2 Å². The van der Waals surface area contributed by atoms with Crippen LogP contribution in [0.15, 0.2) is 21.3 Å². The van der Waals surface area contributed by atoms with Crippen molar-refractivity contribution in [3.8, 4) is 0 Å². The highest BCUT2D eigenvalue weighted by Crippen LogP contribution is 2.16. The molecular formula is C8H8Br2N2O. The second-order valence-electron chi connectivity index (χ2n) is 2.70. The molecule has 1 aromatic heterocycles. The smallest absolute Gasteiger partial charge is 0.253 e. The summed E-state index contributed by atoms with van der Waals surface area (Å²) in [5, 5.41) is 0. The molecule has 1 heterocycles. The lowest BCUT2D eigenvalue weighted by Crippen LogP contribution is -2.21. The van der Waals surface area contributed by atoms with Gasteiger partial charge < -0.3 is 4.90 Å². The number of rotatable bonds is 1. The molecule has 0 aliphatic carbocycles. The fourth-order valence-corrected chi connectivity index (χ4v) is 1.96. The molecule has 0 bridgehead atoms. The van der Waals surface area contributed by atoms with Gasteiger partial charge in [0.1, 0.15) is 9.21 Å². The molecule has 13 heavy (non-hydrogen) atoms. The maximum Gasteiger partial charge on any atom is 0.253 e. The summed E-state index contributed by atoms with van der Waals surface area (Å²) in [6.07, 6.45) is 0. The summed E-state index contributed by atoms with van der Waals surface area (Å²) < 4.78 is 1.29. The van der Waals surface area contributed by atoms with Crippen LogP contribution in [0.2, 0.25) is 0 Å². The minimum atomic E-state index is -0.0381. The summed E-state index contributed by atoms with van der Waals surface area (Å²) in [6, 6.07) is 3.38. The largest absolute Gasteiger partial charge is 0.345 e. The third-order valence-corrected chi connectivity index (χ3v) is 2.23. The third-order valence-electron chi connectivity index (χ3n) is 1.42. The quantitative estimate of drug-likeness (QED) is 0.746. The summed E-state index contributed by atoms with van der Waals surface area (Å²) in [4.78, 5) is 17.1. The molecule has 1 aromatic rings. The molecule has 5 heteroatoms. The first kappa shape index (κ1) is 10.7. The van der Waals surface area contributed by atoms with Gasteiger partial charge in [-0.25, -0.2) is 4.98 Å². The van der Waals surface area contributed by atoms with E-state index < -0.39 is 0 Å². The van der Waals surface area contributed by atoms with Crippen LogP contribution < -0.4 is 0 Å². The first-order chi connectivity index (χ1) is 6.00. The fourth-order valence-electron chi connectivity index (χ4n) is 0.847. The van der Waals surface area contributed by atoms with Gasteiger partial charge in [-0.1, -0.05) is 0 Å². The SMILES string of the molecule is CN(C)C(=O)c1cc(Br)nc(Br)c1. The Hall–Kier alpha value is -0.420. The molecule has 0 aliphatic rings. The second kappa shape index (κ2) is 4.19. The van der Waals surface area contributed by atoms with Crippen LogP contribution in [0.3, 0.4) is 0 Å². The number of hydrogen-bond acceptors (Lipinski definition) is 2. The zero-order valence-corrected chi connectivity index (χ0v) is 10.4. The minimum Gasteiger partial charge on any atom is -0.345 e. The molecule has 0 spiro atoms. The Morgan fingerprint density at radius 2 is 1.77 bits per heavy atom. The number of amides is 1. The monoisotopic (exact) mass is 306 g/mol. The summed E-state index contributed by atoms with van der Waals surface area (Å²) in [7, 11) is 3.43. The van der Waals surface area contributed by atoms with Crippen molar-refractivity contribution in [3.63, 3.8) is 0 Å². The Bertz CT molecular complexity index is 319. The van der Waals surface area contributed by atoms with Crippen LogP contribution in [0, 0.1) is 0 Å². The van der Waals surface area contributed by atoms with Crippen LogP contribution in [0.4, 0.5) is 0 Å². The molecular weight excluding hydrogens is 300 g/mol. The second-order valence-corrected chi connectivity index (χ2v) is 4.33. The van der Waals surface area contributed by atoms with E-state index in [9.17, 15) is 4.79 Å². The van der Waals surface area contributed by atoms with Crippen LogP contribution in [0.25, 0.3) is 0 Å². The third kappa shape index (κ3) is 2.77. The van der Waals surface area contributed by atoms with E-state index in [0.717, 1.165) is 0 Å². The highest BCUT2D eigenvalue weighted by molar-refractivity contribution is 9.11. The summed E-state index contributed by atoms with van der Waals surface area (Å²) >= 11 is 6.44. The van der Waals surface area contributed by atoms with Gasteiger partial charge in [-0.15, -0.1) is 0 Å². The van der Waals surface area contributed by atoms with Crippen molar-refractivity contribution in [1.29, 1.82) is 0 Å². The first-order valence-corrected chi connectivity index (χ1v) is 5.14. The first-order valence-electron chi connectivity index (χ1n) is 3.55. The lowest BCUT2D eigenvalue weighted by Gasteiger charge is -2.10. The van der Waals surface area contributed by atoms with Gasteiger partial charge >= 0.3 is 0 Å². The van der Waals surface area contributed by atoms with Crippen molar-refractivity contribution >= 4 is 37.8 Å². The van der Waals surface area contributed by atoms with Crippen LogP contribution in [-0.2, 0) is 0 Å². The van der Waals surface area contributed by atoms with Crippen molar-refractivity contribution in [3.05, 3.63) is 26.9 Å².